The summed E-state index contributed by atoms with van der Waals surface area (Å²) in [6.45, 7) is 9.64. The zero-order valence-corrected chi connectivity index (χ0v) is 16.9. The lowest BCUT2D eigenvalue weighted by molar-refractivity contribution is 0.0657. The third kappa shape index (κ3) is 10.5. The number of ether oxygens (including phenoxy) is 2. The van der Waals surface area contributed by atoms with Crippen LogP contribution in [0.4, 0.5) is 0 Å². The van der Waals surface area contributed by atoms with Gasteiger partial charge in [0, 0.05) is 26.7 Å². The average Bonchev–Trinajstić information content (AvgIpc) is 2.53. The molecule has 0 bridgehead atoms. The van der Waals surface area contributed by atoms with Crippen molar-refractivity contribution in [1.82, 2.24) is 10.6 Å². The number of hydrogen-bond acceptors (Lipinski definition) is 3. The van der Waals surface area contributed by atoms with Crippen LogP contribution in [0.25, 0.3) is 0 Å². The van der Waals surface area contributed by atoms with Gasteiger partial charge in [0.15, 0.2) is 5.96 Å². The summed E-state index contributed by atoms with van der Waals surface area (Å²) >= 11 is 0. The van der Waals surface area contributed by atoms with E-state index in [1.807, 2.05) is 20.8 Å². The first-order valence-electron chi connectivity index (χ1n) is 7.87. The second-order valence-electron chi connectivity index (χ2n) is 5.23. The van der Waals surface area contributed by atoms with Crippen LogP contribution in [-0.4, -0.2) is 38.9 Å². The van der Waals surface area contributed by atoms with Gasteiger partial charge in [-0.05, 0) is 31.9 Å². The predicted molar refractivity (Wildman–Crippen MR) is 106 cm³/mol. The number of nitrogens with zero attached hydrogens (tertiary/aromatic N) is 1. The number of nitrogens with one attached hydrogen (secondary N) is 2. The van der Waals surface area contributed by atoms with Crippen molar-refractivity contribution in [2.24, 2.45) is 4.99 Å². The van der Waals surface area contributed by atoms with Gasteiger partial charge in [0.2, 0.25) is 0 Å². The third-order valence-corrected chi connectivity index (χ3v) is 3.03. The first kappa shape index (κ1) is 22.1. The molecule has 132 valence electrons. The van der Waals surface area contributed by atoms with Crippen LogP contribution in [0.3, 0.4) is 0 Å². The molecule has 0 aromatic heterocycles. The Balaban J connectivity index is 0.00000484. The molecule has 1 aromatic rings. The van der Waals surface area contributed by atoms with Crippen LogP contribution in [0.15, 0.2) is 29.3 Å². The fraction of sp³-hybridized carbons (Fsp3) is 0.588. The van der Waals surface area contributed by atoms with Gasteiger partial charge in [-0.3, -0.25) is 4.99 Å². The van der Waals surface area contributed by atoms with E-state index in [9.17, 15) is 0 Å². The van der Waals surface area contributed by atoms with Gasteiger partial charge in [0.1, 0.15) is 0 Å². The van der Waals surface area contributed by atoms with E-state index in [-0.39, 0.29) is 30.1 Å². The molecule has 1 rings (SSSR count). The van der Waals surface area contributed by atoms with E-state index in [0.717, 1.165) is 25.7 Å². The van der Waals surface area contributed by atoms with Crippen LogP contribution in [-0.2, 0) is 22.6 Å². The molecule has 6 heteroatoms. The minimum atomic E-state index is 0. The van der Waals surface area contributed by atoms with Crippen molar-refractivity contribution in [3.8, 4) is 0 Å². The molecule has 0 atom stereocenters. The molecule has 0 saturated carbocycles. The molecule has 0 aliphatic rings. The highest BCUT2D eigenvalue weighted by atomic mass is 127. The number of aliphatic imine (C=N–C) groups is 1. The first-order chi connectivity index (χ1) is 10.7. The molecule has 0 aliphatic carbocycles. The molecule has 0 unspecified atom stereocenters. The lowest BCUT2D eigenvalue weighted by Gasteiger charge is -2.12. The normalized spacial score (nSPS) is 11.3. The Hall–Kier alpha value is -0.860. The standard InChI is InChI=1S/C17H29N3O2.HI/c1-5-21-11-10-19-17(18-4)20-12-15-6-8-16(9-7-15)13-22-14(2)3;/h6-9,14H,5,10-13H2,1-4H3,(H2,18,19,20);1H. The maximum absolute atomic E-state index is 5.59. The second-order valence-corrected chi connectivity index (χ2v) is 5.23. The maximum atomic E-state index is 5.59. The van der Waals surface area contributed by atoms with Gasteiger partial charge in [-0.1, -0.05) is 24.3 Å². The second kappa shape index (κ2) is 13.6. The molecule has 0 heterocycles. The van der Waals surface area contributed by atoms with Crippen LogP contribution in [0, 0.1) is 0 Å². The molecular formula is C17H30IN3O2. The Labute approximate surface area is 157 Å². The number of guanidine groups is 1. The van der Waals surface area contributed by atoms with E-state index in [2.05, 4.69) is 39.9 Å². The van der Waals surface area contributed by atoms with Gasteiger partial charge < -0.3 is 20.1 Å². The van der Waals surface area contributed by atoms with Gasteiger partial charge in [-0.2, -0.15) is 0 Å². The molecule has 23 heavy (non-hydrogen) atoms. The maximum Gasteiger partial charge on any atom is 0.191 e. The molecule has 2 N–H and O–H groups in total. The van der Waals surface area contributed by atoms with Crippen molar-refractivity contribution in [3.63, 3.8) is 0 Å². The van der Waals surface area contributed by atoms with Crippen molar-refractivity contribution in [3.05, 3.63) is 35.4 Å². The van der Waals surface area contributed by atoms with E-state index < -0.39 is 0 Å². The van der Waals surface area contributed by atoms with E-state index in [1.165, 1.54) is 11.1 Å². The monoisotopic (exact) mass is 435 g/mol. The molecular weight excluding hydrogens is 405 g/mol. The average molecular weight is 435 g/mol. The summed E-state index contributed by atoms with van der Waals surface area (Å²) in [4.78, 5) is 4.19. The lowest BCUT2D eigenvalue weighted by Crippen LogP contribution is -2.38. The third-order valence-electron chi connectivity index (χ3n) is 3.03. The van der Waals surface area contributed by atoms with Crippen LogP contribution in [0.2, 0.25) is 0 Å². The highest BCUT2D eigenvalue weighted by Gasteiger charge is 2.00. The molecule has 0 fully saturated rings. The van der Waals surface area contributed by atoms with Gasteiger partial charge in [0.05, 0.1) is 19.3 Å². The van der Waals surface area contributed by atoms with E-state index in [4.69, 9.17) is 9.47 Å². The Morgan fingerprint density at radius 1 is 1.13 bits per heavy atom. The first-order valence-corrected chi connectivity index (χ1v) is 7.87. The van der Waals surface area contributed by atoms with Crippen molar-refractivity contribution in [1.29, 1.82) is 0 Å². The Morgan fingerprint density at radius 3 is 2.35 bits per heavy atom. The summed E-state index contributed by atoms with van der Waals surface area (Å²) in [5.74, 6) is 0.784. The minimum absolute atomic E-state index is 0. The van der Waals surface area contributed by atoms with Crippen molar-refractivity contribution >= 4 is 29.9 Å². The molecule has 1 aromatic carbocycles. The lowest BCUT2D eigenvalue weighted by atomic mass is 10.1. The van der Waals surface area contributed by atoms with Crippen LogP contribution >= 0.6 is 24.0 Å². The summed E-state index contributed by atoms with van der Waals surface area (Å²) in [6.07, 6.45) is 0.257. The topological polar surface area (TPSA) is 54.9 Å². The SMILES string of the molecule is CCOCCNC(=NC)NCc1ccc(COC(C)C)cc1.I. The van der Waals surface area contributed by atoms with Crippen LogP contribution < -0.4 is 10.6 Å². The van der Waals surface area contributed by atoms with Crippen LogP contribution in [0.5, 0.6) is 0 Å². The fourth-order valence-electron chi connectivity index (χ4n) is 1.81. The van der Waals surface area contributed by atoms with E-state index in [1.54, 1.807) is 7.05 Å². The molecule has 5 nitrogen and oxygen atoms in total. The summed E-state index contributed by atoms with van der Waals surface area (Å²) in [5, 5.41) is 6.50. The zero-order chi connectivity index (χ0) is 16.2. The predicted octanol–water partition coefficient (Wildman–Crippen LogP) is 2.93. The van der Waals surface area contributed by atoms with E-state index in [0.29, 0.717) is 13.2 Å². The Morgan fingerprint density at radius 2 is 1.78 bits per heavy atom. The highest BCUT2D eigenvalue weighted by molar-refractivity contribution is 14.0. The number of hydrogen-bond donors (Lipinski definition) is 2. The molecule has 0 amide bonds. The number of rotatable bonds is 9. The summed E-state index contributed by atoms with van der Waals surface area (Å²) < 4.78 is 10.9. The van der Waals surface area contributed by atoms with Gasteiger partial charge in [-0.15, -0.1) is 24.0 Å². The summed E-state index contributed by atoms with van der Waals surface area (Å²) in [5.41, 5.74) is 2.40. The molecule has 0 spiro atoms. The Bertz CT molecular complexity index is 436. The zero-order valence-electron chi connectivity index (χ0n) is 14.6. The highest BCUT2D eigenvalue weighted by Crippen LogP contribution is 2.07. The summed E-state index contributed by atoms with van der Waals surface area (Å²) in [7, 11) is 1.77. The van der Waals surface area contributed by atoms with E-state index >= 15 is 0 Å². The van der Waals surface area contributed by atoms with Gasteiger partial charge >= 0.3 is 0 Å². The molecule has 0 aliphatic heterocycles. The number of halogens is 1. The van der Waals surface area contributed by atoms with Crippen molar-refractivity contribution in [2.75, 3.05) is 26.8 Å². The van der Waals surface area contributed by atoms with Crippen LogP contribution in [0.1, 0.15) is 31.9 Å². The van der Waals surface area contributed by atoms with Crippen molar-refractivity contribution < 1.29 is 9.47 Å². The largest absolute Gasteiger partial charge is 0.380 e. The van der Waals surface area contributed by atoms with Gasteiger partial charge in [-0.25, -0.2) is 0 Å². The summed E-state index contributed by atoms with van der Waals surface area (Å²) in [6, 6.07) is 8.42. The quantitative estimate of drug-likeness (QED) is 0.271. The van der Waals surface area contributed by atoms with Crippen molar-refractivity contribution in [2.45, 2.75) is 40.0 Å². The fourth-order valence-corrected chi connectivity index (χ4v) is 1.81. The smallest absolute Gasteiger partial charge is 0.191 e. The minimum Gasteiger partial charge on any atom is -0.380 e. The molecule has 0 radical (unpaired) electrons. The molecule has 0 saturated heterocycles. The Kier molecular flexibility index (Phi) is 13.1. The van der Waals surface area contributed by atoms with Gasteiger partial charge in [0.25, 0.3) is 0 Å². The number of benzene rings is 1.